The quantitative estimate of drug-likeness (QED) is 0.854. The van der Waals surface area contributed by atoms with Crippen LogP contribution in [0, 0.1) is 12.7 Å². The number of carbonyl (C=O) groups is 1. The molecule has 8 heteroatoms. The maximum absolute atomic E-state index is 13.7. The Hall–Kier alpha value is -1.67. The summed E-state index contributed by atoms with van der Waals surface area (Å²) in [7, 11) is 0. The van der Waals surface area contributed by atoms with Gasteiger partial charge in [0.25, 0.3) is 5.91 Å². The number of amides is 1. The fraction of sp³-hybridized carbons (Fsp3) is 0.308. The molecular weight excluding hydrogens is 310 g/mol. The molecular formula is C13H11F4NO2S. The standard InChI is InChI=1S/C13H11F4NO2S/c1-6-10-7(14)3-2-4-8(10)21-11(6)12(20)18-5-9(19)13(15,16)17/h2-4,9,19H,5H2,1H3,(H,18,20). The van der Waals surface area contributed by atoms with E-state index in [1.54, 1.807) is 6.07 Å². The molecule has 2 N–H and O–H groups in total. The summed E-state index contributed by atoms with van der Waals surface area (Å²) in [5.74, 6) is -1.26. The molecule has 0 aliphatic carbocycles. The van der Waals surface area contributed by atoms with Gasteiger partial charge in [-0.1, -0.05) is 6.07 Å². The number of alkyl halides is 3. The van der Waals surface area contributed by atoms with Gasteiger partial charge >= 0.3 is 6.18 Å². The molecule has 0 spiro atoms. The minimum absolute atomic E-state index is 0.129. The smallest absolute Gasteiger partial charge is 0.382 e. The normalized spacial score (nSPS) is 13.4. The van der Waals surface area contributed by atoms with Crippen LogP contribution < -0.4 is 5.32 Å². The van der Waals surface area contributed by atoms with Crippen molar-refractivity contribution in [3.8, 4) is 0 Å². The average Bonchev–Trinajstić information content (AvgIpc) is 2.73. The van der Waals surface area contributed by atoms with E-state index < -0.39 is 30.5 Å². The predicted molar refractivity (Wildman–Crippen MR) is 70.9 cm³/mol. The van der Waals surface area contributed by atoms with Crippen molar-refractivity contribution in [2.24, 2.45) is 0 Å². The Morgan fingerprint density at radius 1 is 1.43 bits per heavy atom. The molecule has 1 aromatic heterocycles. The first-order chi connectivity index (χ1) is 9.71. The molecule has 0 radical (unpaired) electrons. The third kappa shape index (κ3) is 3.16. The van der Waals surface area contributed by atoms with Crippen molar-refractivity contribution in [1.29, 1.82) is 0 Å². The highest BCUT2D eigenvalue weighted by atomic mass is 32.1. The van der Waals surface area contributed by atoms with E-state index in [0.29, 0.717) is 10.3 Å². The number of hydrogen-bond donors (Lipinski definition) is 2. The Balaban J connectivity index is 2.21. The lowest BCUT2D eigenvalue weighted by Gasteiger charge is -2.14. The summed E-state index contributed by atoms with van der Waals surface area (Å²) < 4.78 is 50.7. The van der Waals surface area contributed by atoms with Crippen LogP contribution in [0.2, 0.25) is 0 Å². The number of halogens is 4. The van der Waals surface area contributed by atoms with E-state index in [1.807, 2.05) is 5.32 Å². The zero-order valence-corrected chi connectivity index (χ0v) is 11.6. The fourth-order valence-corrected chi connectivity index (χ4v) is 2.99. The van der Waals surface area contributed by atoms with Gasteiger partial charge < -0.3 is 10.4 Å². The second-order valence-corrected chi connectivity index (χ2v) is 5.49. The first kappa shape index (κ1) is 15.7. The monoisotopic (exact) mass is 321 g/mol. The Labute approximate surface area is 121 Å². The van der Waals surface area contributed by atoms with Crippen LogP contribution in [0.5, 0.6) is 0 Å². The molecule has 1 aromatic carbocycles. The van der Waals surface area contributed by atoms with Gasteiger partial charge in [-0.25, -0.2) is 4.39 Å². The molecule has 0 aliphatic heterocycles. The van der Waals surface area contributed by atoms with Crippen molar-refractivity contribution in [2.45, 2.75) is 19.2 Å². The second-order valence-electron chi connectivity index (χ2n) is 4.44. The maximum Gasteiger partial charge on any atom is 0.416 e. The van der Waals surface area contributed by atoms with Gasteiger partial charge in [0.2, 0.25) is 0 Å². The summed E-state index contributed by atoms with van der Waals surface area (Å²) >= 11 is 0.990. The van der Waals surface area contributed by atoms with Gasteiger partial charge in [-0.2, -0.15) is 13.2 Å². The lowest BCUT2D eigenvalue weighted by molar-refractivity contribution is -0.201. The van der Waals surface area contributed by atoms with Crippen LogP contribution in [-0.2, 0) is 0 Å². The van der Waals surface area contributed by atoms with Crippen LogP contribution in [0.1, 0.15) is 15.2 Å². The molecule has 0 saturated carbocycles. The van der Waals surface area contributed by atoms with Crippen LogP contribution in [0.4, 0.5) is 17.6 Å². The summed E-state index contributed by atoms with van der Waals surface area (Å²) in [4.78, 5) is 12.0. The van der Waals surface area contributed by atoms with Crippen LogP contribution in [0.3, 0.4) is 0 Å². The van der Waals surface area contributed by atoms with Crippen LogP contribution >= 0.6 is 11.3 Å². The lowest BCUT2D eigenvalue weighted by atomic mass is 10.1. The third-order valence-electron chi connectivity index (χ3n) is 2.94. The Bertz CT molecular complexity index is 681. The molecule has 1 atom stereocenters. The number of fused-ring (bicyclic) bond motifs is 1. The van der Waals surface area contributed by atoms with Crippen molar-refractivity contribution in [3.63, 3.8) is 0 Å². The first-order valence-corrected chi connectivity index (χ1v) is 6.74. The van der Waals surface area contributed by atoms with Crippen molar-refractivity contribution in [3.05, 3.63) is 34.5 Å². The van der Waals surface area contributed by atoms with E-state index in [9.17, 15) is 22.4 Å². The third-order valence-corrected chi connectivity index (χ3v) is 4.20. The summed E-state index contributed by atoms with van der Waals surface area (Å²) in [6, 6.07) is 4.36. The average molecular weight is 321 g/mol. The highest BCUT2D eigenvalue weighted by molar-refractivity contribution is 7.21. The van der Waals surface area contributed by atoms with Gasteiger partial charge in [0.1, 0.15) is 5.82 Å². The van der Waals surface area contributed by atoms with E-state index in [4.69, 9.17) is 5.11 Å². The molecule has 1 heterocycles. The molecule has 0 saturated heterocycles. The van der Waals surface area contributed by atoms with E-state index in [0.717, 1.165) is 11.3 Å². The number of benzene rings is 1. The molecule has 1 unspecified atom stereocenters. The van der Waals surface area contributed by atoms with Crippen LogP contribution in [0.25, 0.3) is 10.1 Å². The van der Waals surface area contributed by atoms with E-state index >= 15 is 0 Å². The van der Waals surface area contributed by atoms with Gasteiger partial charge in [-0.05, 0) is 24.6 Å². The van der Waals surface area contributed by atoms with Crippen molar-refractivity contribution < 1.29 is 27.5 Å². The number of aliphatic hydroxyl groups is 1. The molecule has 0 bridgehead atoms. The van der Waals surface area contributed by atoms with Gasteiger partial charge in [0, 0.05) is 10.1 Å². The van der Waals surface area contributed by atoms with Gasteiger partial charge in [0.05, 0.1) is 11.4 Å². The number of carbonyl (C=O) groups excluding carboxylic acids is 1. The zero-order valence-electron chi connectivity index (χ0n) is 10.8. The van der Waals surface area contributed by atoms with Gasteiger partial charge in [-0.15, -0.1) is 11.3 Å². The highest BCUT2D eigenvalue weighted by Gasteiger charge is 2.38. The molecule has 0 fully saturated rings. The number of aryl methyl sites for hydroxylation is 1. The first-order valence-electron chi connectivity index (χ1n) is 5.92. The second kappa shape index (κ2) is 5.61. The molecule has 2 aromatic rings. The Morgan fingerprint density at radius 3 is 2.67 bits per heavy atom. The summed E-state index contributed by atoms with van der Waals surface area (Å²) in [5, 5.41) is 11.1. The summed E-state index contributed by atoms with van der Waals surface area (Å²) in [6.45, 7) is 0.579. The largest absolute Gasteiger partial charge is 0.416 e. The van der Waals surface area contributed by atoms with E-state index in [-0.39, 0.29) is 10.3 Å². The fourth-order valence-electron chi connectivity index (χ4n) is 1.86. The van der Waals surface area contributed by atoms with E-state index in [1.165, 1.54) is 19.1 Å². The molecule has 114 valence electrons. The minimum Gasteiger partial charge on any atom is -0.382 e. The number of rotatable bonds is 3. The highest BCUT2D eigenvalue weighted by Crippen LogP contribution is 2.32. The summed E-state index contributed by atoms with van der Waals surface area (Å²) in [5.41, 5.74) is 0.368. The zero-order chi connectivity index (χ0) is 15.8. The van der Waals surface area contributed by atoms with Crippen LogP contribution in [0.15, 0.2) is 18.2 Å². The van der Waals surface area contributed by atoms with E-state index in [2.05, 4.69) is 0 Å². The molecule has 2 rings (SSSR count). The molecule has 21 heavy (non-hydrogen) atoms. The summed E-state index contributed by atoms with van der Waals surface area (Å²) in [6.07, 6.45) is -7.43. The SMILES string of the molecule is Cc1c(C(=O)NCC(O)C(F)(F)F)sc2cccc(F)c12. The molecule has 3 nitrogen and oxygen atoms in total. The number of nitrogens with one attached hydrogen (secondary N) is 1. The number of hydrogen-bond acceptors (Lipinski definition) is 3. The van der Waals surface area contributed by atoms with Crippen molar-refractivity contribution >= 4 is 27.3 Å². The Kier molecular flexibility index (Phi) is 4.20. The minimum atomic E-state index is -4.80. The topological polar surface area (TPSA) is 49.3 Å². The van der Waals surface area contributed by atoms with Crippen molar-refractivity contribution in [2.75, 3.05) is 6.54 Å². The van der Waals surface area contributed by atoms with Gasteiger partial charge in [-0.3, -0.25) is 4.79 Å². The predicted octanol–water partition coefficient (Wildman–Crippen LogP) is 3.00. The maximum atomic E-state index is 13.7. The number of aliphatic hydroxyl groups excluding tert-OH is 1. The Morgan fingerprint density at radius 2 is 2.10 bits per heavy atom. The number of thiophene rings is 1. The van der Waals surface area contributed by atoms with Crippen molar-refractivity contribution in [1.82, 2.24) is 5.32 Å². The molecule has 0 aliphatic rings. The van der Waals surface area contributed by atoms with Crippen LogP contribution in [-0.4, -0.2) is 29.8 Å². The lowest BCUT2D eigenvalue weighted by Crippen LogP contribution is -2.40. The molecule has 1 amide bonds. The van der Waals surface area contributed by atoms with Gasteiger partial charge in [0.15, 0.2) is 6.10 Å².